The van der Waals surface area contributed by atoms with Gasteiger partial charge in [0.15, 0.2) is 0 Å². The molecule has 0 aromatic heterocycles. The molecule has 1 heterocycles. The molecule has 1 aliphatic rings. The molecule has 1 aromatic rings. The predicted molar refractivity (Wildman–Crippen MR) is 76.0 cm³/mol. The summed E-state index contributed by atoms with van der Waals surface area (Å²) < 4.78 is 0. The Morgan fingerprint density at radius 1 is 1.41 bits per heavy atom. The van der Waals surface area contributed by atoms with Gasteiger partial charge in [-0.1, -0.05) is 6.92 Å². The minimum absolute atomic E-state index is 0.492. The number of hydrogen-bond donors (Lipinski definition) is 2. The largest absolute Gasteiger partial charge is 0.383 e. The summed E-state index contributed by atoms with van der Waals surface area (Å²) in [6, 6.07) is 5.77. The highest BCUT2D eigenvalue weighted by atomic mass is 14.9. The first-order valence-corrected chi connectivity index (χ1v) is 6.76. The van der Waals surface area contributed by atoms with Crippen molar-refractivity contribution in [2.24, 2.45) is 0 Å². The van der Waals surface area contributed by atoms with E-state index in [9.17, 15) is 0 Å². The summed E-state index contributed by atoms with van der Waals surface area (Å²) in [6.07, 6.45) is 3.67. The number of fused-ring (bicyclic) bond motifs is 1. The molecule has 0 spiro atoms. The van der Waals surface area contributed by atoms with Gasteiger partial charge in [-0.05, 0) is 63.3 Å². The lowest BCUT2D eigenvalue weighted by molar-refractivity contribution is 0.614. The second-order valence-electron chi connectivity index (χ2n) is 5.41. The van der Waals surface area contributed by atoms with Gasteiger partial charge in [0.1, 0.15) is 0 Å². The molecule has 0 amide bonds. The van der Waals surface area contributed by atoms with E-state index in [2.05, 4.69) is 50.5 Å². The van der Waals surface area contributed by atoms with Gasteiger partial charge in [-0.25, -0.2) is 0 Å². The molecule has 1 aliphatic heterocycles. The third kappa shape index (κ3) is 2.74. The van der Waals surface area contributed by atoms with Crippen LogP contribution in [0.4, 0.5) is 11.4 Å². The van der Waals surface area contributed by atoms with Gasteiger partial charge in [-0.3, -0.25) is 0 Å². The van der Waals surface area contributed by atoms with Gasteiger partial charge in [0.05, 0.1) is 0 Å². The molecular formula is C15H24N2. The first kappa shape index (κ1) is 12.3. The number of benzene rings is 1. The van der Waals surface area contributed by atoms with Crippen LogP contribution in [0.2, 0.25) is 0 Å². The predicted octanol–water partition coefficient (Wildman–Crippen LogP) is 3.95. The van der Waals surface area contributed by atoms with Gasteiger partial charge >= 0.3 is 0 Å². The summed E-state index contributed by atoms with van der Waals surface area (Å²) in [7, 11) is 0. The molecule has 2 N–H and O–H groups in total. The zero-order valence-electron chi connectivity index (χ0n) is 11.4. The molecule has 94 valence electrons. The fourth-order valence-electron chi connectivity index (χ4n) is 2.49. The van der Waals surface area contributed by atoms with Gasteiger partial charge in [0.2, 0.25) is 0 Å². The Bertz CT molecular complexity index is 396. The Morgan fingerprint density at radius 3 is 2.82 bits per heavy atom. The quantitative estimate of drug-likeness (QED) is 0.824. The Labute approximate surface area is 105 Å². The van der Waals surface area contributed by atoms with E-state index in [1.54, 1.807) is 0 Å². The lowest BCUT2D eigenvalue weighted by Crippen LogP contribution is -2.25. The van der Waals surface area contributed by atoms with E-state index in [1.165, 1.54) is 41.8 Å². The van der Waals surface area contributed by atoms with E-state index < -0.39 is 0 Å². The molecule has 0 radical (unpaired) electrons. The van der Waals surface area contributed by atoms with Crippen LogP contribution in [-0.4, -0.2) is 12.1 Å². The number of nitrogens with one attached hydrogen (secondary N) is 2. The molecule has 17 heavy (non-hydrogen) atoms. The average Bonchev–Trinajstić information content (AvgIpc) is 2.29. The average molecular weight is 232 g/mol. The first-order chi connectivity index (χ1) is 8.10. The lowest BCUT2D eigenvalue weighted by atomic mass is 9.94. The van der Waals surface area contributed by atoms with E-state index >= 15 is 0 Å². The Balaban J connectivity index is 2.25. The number of aryl methyl sites for hydroxylation is 2. The van der Waals surface area contributed by atoms with E-state index in [0.29, 0.717) is 12.1 Å². The minimum atomic E-state index is 0.492. The van der Waals surface area contributed by atoms with Crippen molar-refractivity contribution in [3.8, 4) is 0 Å². The second kappa shape index (κ2) is 4.99. The van der Waals surface area contributed by atoms with Crippen molar-refractivity contribution in [2.75, 3.05) is 10.6 Å². The summed E-state index contributed by atoms with van der Waals surface area (Å²) in [5.41, 5.74) is 5.43. The number of hydrogen-bond acceptors (Lipinski definition) is 2. The summed E-state index contributed by atoms with van der Waals surface area (Å²) in [5, 5.41) is 7.16. The maximum absolute atomic E-state index is 3.64. The van der Waals surface area contributed by atoms with E-state index in [-0.39, 0.29) is 0 Å². The van der Waals surface area contributed by atoms with Crippen LogP contribution < -0.4 is 10.6 Å². The second-order valence-corrected chi connectivity index (χ2v) is 5.41. The van der Waals surface area contributed by atoms with Crippen molar-refractivity contribution in [2.45, 2.75) is 59.0 Å². The molecule has 0 fully saturated rings. The fraction of sp³-hybridized carbons (Fsp3) is 0.600. The lowest BCUT2D eigenvalue weighted by Gasteiger charge is -2.28. The van der Waals surface area contributed by atoms with Crippen LogP contribution in [0, 0.1) is 6.92 Å². The smallest absolute Gasteiger partial charge is 0.0379 e. The van der Waals surface area contributed by atoms with Crippen molar-refractivity contribution in [3.05, 3.63) is 23.3 Å². The Hall–Kier alpha value is -1.18. The molecule has 2 heteroatoms. The minimum Gasteiger partial charge on any atom is -0.383 e. The topological polar surface area (TPSA) is 24.1 Å². The van der Waals surface area contributed by atoms with E-state index in [4.69, 9.17) is 0 Å². The summed E-state index contributed by atoms with van der Waals surface area (Å²) in [6.45, 7) is 8.81. The summed E-state index contributed by atoms with van der Waals surface area (Å²) in [5.74, 6) is 0. The highest BCUT2D eigenvalue weighted by molar-refractivity contribution is 5.65. The zero-order valence-corrected chi connectivity index (χ0v) is 11.4. The van der Waals surface area contributed by atoms with Crippen LogP contribution in [0.15, 0.2) is 12.1 Å². The monoisotopic (exact) mass is 232 g/mol. The molecule has 2 rings (SSSR count). The van der Waals surface area contributed by atoms with Gasteiger partial charge in [-0.2, -0.15) is 0 Å². The van der Waals surface area contributed by atoms with E-state index in [0.717, 1.165) is 0 Å². The third-order valence-electron chi connectivity index (χ3n) is 3.51. The van der Waals surface area contributed by atoms with Crippen LogP contribution in [0.1, 0.15) is 44.7 Å². The molecule has 0 aliphatic carbocycles. The van der Waals surface area contributed by atoms with Crippen molar-refractivity contribution >= 4 is 11.4 Å². The highest BCUT2D eigenvalue weighted by Crippen LogP contribution is 2.31. The van der Waals surface area contributed by atoms with Crippen LogP contribution in [-0.2, 0) is 6.42 Å². The SMILES string of the molecule is CCC1CCc2cc(NC(C)C)c(C)cc2N1. The van der Waals surface area contributed by atoms with Crippen molar-refractivity contribution in [1.82, 2.24) is 0 Å². The molecule has 1 aromatic carbocycles. The molecule has 0 saturated carbocycles. The maximum Gasteiger partial charge on any atom is 0.0379 e. The molecule has 0 saturated heterocycles. The van der Waals surface area contributed by atoms with Crippen LogP contribution in [0.5, 0.6) is 0 Å². The first-order valence-electron chi connectivity index (χ1n) is 6.76. The zero-order chi connectivity index (χ0) is 12.4. The maximum atomic E-state index is 3.64. The van der Waals surface area contributed by atoms with Gasteiger partial charge in [-0.15, -0.1) is 0 Å². The van der Waals surface area contributed by atoms with Gasteiger partial charge in [0, 0.05) is 23.5 Å². The Kier molecular flexibility index (Phi) is 3.60. The molecular weight excluding hydrogens is 208 g/mol. The Morgan fingerprint density at radius 2 is 2.18 bits per heavy atom. The third-order valence-corrected chi connectivity index (χ3v) is 3.51. The van der Waals surface area contributed by atoms with Crippen LogP contribution in [0.3, 0.4) is 0 Å². The molecule has 1 unspecified atom stereocenters. The highest BCUT2D eigenvalue weighted by Gasteiger charge is 2.17. The van der Waals surface area contributed by atoms with Gasteiger partial charge in [0.25, 0.3) is 0 Å². The van der Waals surface area contributed by atoms with Crippen molar-refractivity contribution in [3.63, 3.8) is 0 Å². The van der Waals surface area contributed by atoms with Crippen LogP contribution >= 0.6 is 0 Å². The fourth-order valence-corrected chi connectivity index (χ4v) is 2.49. The summed E-state index contributed by atoms with van der Waals surface area (Å²) >= 11 is 0. The number of anilines is 2. The summed E-state index contributed by atoms with van der Waals surface area (Å²) in [4.78, 5) is 0. The molecule has 0 bridgehead atoms. The van der Waals surface area contributed by atoms with Gasteiger partial charge < -0.3 is 10.6 Å². The van der Waals surface area contributed by atoms with Crippen LogP contribution in [0.25, 0.3) is 0 Å². The van der Waals surface area contributed by atoms with Crippen molar-refractivity contribution < 1.29 is 0 Å². The number of rotatable bonds is 3. The molecule has 1 atom stereocenters. The van der Waals surface area contributed by atoms with Crippen molar-refractivity contribution in [1.29, 1.82) is 0 Å². The van der Waals surface area contributed by atoms with E-state index in [1.807, 2.05) is 0 Å². The molecule has 2 nitrogen and oxygen atoms in total. The standard InChI is InChI=1S/C15H24N2/c1-5-13-7-6-12-9-14(16-10(2)3)11(4)8-15(12)17-13/h8-10,13,16-17H,5-7H2,1-4H3. The normalized spacial score (nSPS) is 18.8.